The minimum absolute atomic E-state index is 0.255. The van der Waals surface area contributed by atoms with E-state index in [0.29, 0.717) is 14.3 Å². The lowest BCUT2D eigenvalue weighted by molar-refractivity contribution is 0.154. The van der Waals surface area contributed by atoms with E-state index < -0.39 is 6.00 Å². The molecule has 0 aromatic rings. The van der Waals surface area contributed by atoms with Gasteiger partial charge in [-0.05, 0) is 0 Å². The summed E-state index contributed by atoms with van der Waals surface area (Å²) in [4.78, 5) is 0. The molecular weight excluding hydrogens is 208 g/mol. The van der Waals surface area contributed by atoms with E-state index in [-0.39, 0.29) is 14.9 Å². The van der Waals surface area contributed by atoms with Crippen LogP contribution in [-0.2, 0) is 4.74 Å². The van der Waals surface area contributed by atoms with Gasteiger partial charge in [-0.25, -0.2) is 0 Å². The van der Waals surface area contributed by atoms with Crippen LogP contribution in [0.3, 0.4) is 0 Å². The Bertz CT molecular complexity index is 160. The predicted molar refractivity (Wildman–Crippen MR) is 53.6 cm³/mol. The Kier molecular flexibility index (Phi) is 8.93. The van der Waals surface area contributed by atoms with Gasteiger partial charge in [0, 0.05) is 0 Å². The van der Waals surface area contributed by atoms with E-state index in [1.54, 1.807) is 0 Å². The fourth-order valence-corrected chi connectivity index (χ4v) is 0.963. The molecule has 1 heterocycles. The standard InChI is InChI=1S/C2H6BNO2P.C2H4BNOP/c4-7-3-2(6)1-5;4-6-3-2-1-5-2/h2,4-6H,1H2;2,4H,1H2. The first-order chi connectivity index (χ1) is 6.24. The van der Waals surface area contributed by atoms with Crippen molar-refractivity contribution in [2.75, 3.05) is 13.2 Å². The summed E-state index contributed by atoms with van der Waals surface area (Å²) in [6, 6.07) is -0.497. The predicted octanol–water partition coefficient (Wildman–Crippen LogP) is 0.295. The SMILES string of the molecule is N=P[B]C(O)CO.N=P[B]C1CO1. The number of hydrogen-bond acceptors (Lipinski definition) is 5. The molecule has 0 aromatic carbocycles. The van der Waals surface area contributed by atoms with Gasteiger partial charge in [-0.15, -0.1) is 0 Å². The zero-order chi connectivity index (χ0) is 10.1. The van der Waals surface area contributed by atoms with E-state index in [1.807, 2.05) is 7.00 Å². The third kappa shape index (κ3) is 10.1. The molecule has 70 valence electrons. The highest BCUT2D eigenvalue weighted by Gasteiger charge is 2.21. The Morgan fingerprint density at radius 1 is 1.54 bits per heavy atom. The van der Waals surface area contributed by atoms with Crippen molar-refractivity contribution in [1.29, 1.82) is 10.3 Å². The Morgan fingerprint density at radius 2 is 2.15 bits per heavy atom. The molecule has 1 saturated heterocycles. The monoisotopic (exact) mass is 218 g/mol. The zero-order valence-corrected chi connectivity index (χ0v) is 8.71. The molecular formula is C4H10B2N2O3P2. The maximum atomic E-state index is 8.43. The second kappa shape index (κ2) is 8.79. The van der Waals surface area contributed by atoms with Crippen LogP contribution in [0.4, 0.5) is 0 Å². The summed E-state index contributed by atoms with van der Waals surface area (Å²) in [5, 5.41) is 29.6. The molecule has 0 bridgehead atoms. The summed E-state index contributed by atoms with van der Waals surface area (Å²) < 4.78 is 4.77. The summed E-state index contributed by atoms with van der Waals surface area (Å²) in [6.07, 6.45) is 0. The Labute approximate surface area is 81.6 Å². The summed E-state index contributed by atoms with van der Waals surface area (Å²) in [5.74, 6) is 0. The van der Waals surface area contributed by atoms with Gasteiger partial charge in [0.05, 0.1) is 25.2 Å². The summed E-state index contributed by atoms with van der Waals surface area (Å²) in [6.45, 7) is 3.66. The fourth-order valence-electron chi connectivity index (χ4n) is 0.358. The van der Waals surface area contributed by atoms with Gasteiger partial charge < -0.3 is 14.9 Å². The van der Waals surface area contributed by atoms with Gasteiger partial charge in [0.2, 0.25) is 14.0 Å². The van der Waals surface area contributed by atoms with Crippen LogP contribution < -0.4 is 0 Å². The fraction of sp³-hybridized carbons (Fsp3) is 1.00. The lowest BCUT2D eigenvalue weighted by Crippen LogP contribution is -2.15. The molecule has 0 saturated carbocycles. The second-order valence-corrected chi connectivity index (χ2v) is 3.29. The highest BCUT2D eigenvalue weighted by Crippen LogP contribution is 2.10. The summed E-state index contributed by atoms with van der Waals surface area (Å²) in [7, 11) is 0.841. The molecule has 0 aromatic heterocycles. The lowest BCUT2D eigenvalue weighted by Gasteiger charge is -1.95. The number of epoxide rings is 1. The Hall–Kier alpha value is 0.210. The molecule has 5 nitrogen and oxygen atoms in total. The first-order valence-corrected chi connectivity index (χ1v) is 5.47. The molecule has 1 aliphatic rings. The first-order valence-electron chi connectivity index (χ1n) is 3.55. The van der Waals surface area contributed by atoms with Crippen molar-refractivity contribution in [3.63, 3.8) is 0 Å². The smallest absolute Gasteiger partial charge is 0.248 e. The van der Waals surface area contributed by atoms with Gasteiger partial charge in [-0.3, -0.25) is 10.3 Å². The van der Waals surface area contributed by atoms with E-state index in [9.17, 15) is 0 Å². The van der Waals surface area contributed by atoms with E-state index in [1.165, 1.54) is 7.00 Å². The first kappa shape index (κ1) is 13.2. The van der Waals surface area contributed by atoms with Crippen molar-refractivity contribution >= 4 is 30.5 Å². The molecule has 2 unspecified atom stereocenters. The van der Waals surface area contributed by atoms with Crippen LogP contribution in [0.5, 0.6) is 0 Å². The van der Waals surface area contributed by atoms with Crippen LogP contribution in [0, 0.1) is 10.3 Å². The van der Waals surface area contributed by atoms with Gasteiger partial charge in [0.15, 0.2) is 0 Å². The lowest BCUT2D eigenvalue weighted by atomic mass is 10.00. The molecule has 2 radical (unpaired) electrons. The van der Waals surface area contributed by atoms with E-state index in [4.69, 9.17) is 25.3 Å². The number of aliphatic hydroxyl groups excluding tert-OH is 2. The average molecular weight is 218 g/mol. The molecule has 0 spiro atoms. The largest absolute Gasteiger partial charge is 0.399 e. The van der Waals surface area contributed by atoms with Crippen molar-refractivity contribution < 1.29 is 14.9 Å². The average Bonchev–Trinajstić information content (AvgIpc) is 2.91. The van der Waals surface area contributed by atoms with Crippen molar-refractivity contribution in [2.24, 2.45) is 0 Å². The maximum absolute atomic E-state index is 8.43. The van der Waals surface area contributed by atoms with Crippen molar-refractivity contribution in [3.8, 4) is 0 Å². The van der Waals surface area contributed by atoms with E-state index >= 15 is 0 Å². The summed E-state index contributed by atoms with van der Waals surface area (Å²) in [5.41, 5.74) is 0. The maximum Gasteiger partial charge on any atom is 0.248 e. The highest BCUT2D eigenvalue weighted by atomic mass is 31.1. The third-order valence-electron chi connectivity index (χ3n) is 1.03. The van der Waals surface area contributed by atoms with E-state index in [2.05, 4.69) is 0 Å². The molecule has 2 atom stereocenters. The molecule has 1 rings (SSSR count). The van der Waals surface area contributed by atoms with E-state index in [0.717, 1.165) is 6.61 Å². The normalized spacial score (nSPS) is 21.5. The van der Waals surface area contributed by atoms with Crippen LogP contribution in [-0.4, -0.2) is 49.4 Å². The molecule has 4 N–H and O–H groups in total. The van der Waals surface area contributed by atoms with Gasteiger partial charge in [0.25, 0.3) is 0 Å². The Balaban J connectivity index is 0.000000223. The highest BCUT2D eigenvalue weighted by molar-refractivity contribution is 7.62. The number of hydrogen-bond donors (Lipinski definition) is 4. The minimum atomic E-state index is -0.820. The summed E-state index contributed by atoms with van der Waals surface area (Å²) >= 11 is 0. The van der Waals surface area contributed by atoms with Crippen molar-refractivity contribution in [1.82, 2.24) is 0 Å². The quantitative estimate of drug-likeness (QED) is 0.303. The third-order valence-corrected chi connectivity index (χ3v) is 2.01. The Morgan fingerprint density at radius 3 is 2.31 bits per heavy atom. The molecule has 1 fully saturated rings. The van der Waals surface area contributed by atoms with Crippen molar-refractivity contribution in [2.45, 2.75) is 12.0 Å². The van der Waals surface area contributed by atoms with Gasteiger partial charge >= 0.3 is 0 Å². The number of rotatable bonds is 5. The number of ether oxygens (including phenoxy) is 1. The van der Waals surface area contributed by atoms with Gasteiger partial charge in [-0.2, -0.15) is 0 Å². The molecule has 9 heteroatoms. The van der Waals surface area contributed by atoms with Crippen LogP contribution in [0.25, 0.3) is 0 Å². The van der Waals surface area contributed by atoms with Crippen LogP contribution >= 0.6 is 16.5 Å². The van der Waals surface area contributed by atoms with Crippen molar-refractivity contribution in [3.05, 3.63) is 0 Å². The molecule has 0 amide bonds. The van der Waals surface area contributed by atoms with Gasteiger partial charge in [-0.1, -0.05) is 16.5 Å². The van der Waals surface area contributed by atoms with Crippen LogP contribution in [0.15, 0.2) is 0 Å². The van der Waals surface area contributed by atoms with Crippen LogP contribution in [0.2, 0.25) is 0 Å². The number of aliphatic hydroxyl groups is 2. The second-order valence-electron chi connectivity index (χ2n) is 2.18. The molecule has 13 heavy (non-hydrogen) atoms. The van der Waals surface area contributed by atoms with Gasteiger partial charge in [0.1, 0.15) is 0 Å². The minimum Gasteiger partial charge on any atom is -0.399 e. The zero-order valence-electron chi connectivity index (χ0n) is 6.92. The molecule has 0 aliphatic carbocycles. The topological polar surface area (TPSA) is 101 Å². The molecule has 1 aliphatic heterocycles. The van der Waals surface area contributed by atoms with Crippen LogP contribution in [0.1, 0.15) is 0 Å². The number of nitrogens with one attached hydrogen (secondary N) is 2.